The number of carbonyl (C=O) groups is 1. The van der Waals surface area contributed by atoms with E-state index in [1.807, 2.05) is 54.6 Å². The second kappa shape index (κ2) is 6.94. The molecule has 4 heteroatoms. The van der Waals surface area contributed by atoms with Crippen molar-refractivity contribution in [2.24, 2.45) is 0 Å². The number of fused-ring (bicyclic) bond motifs is 1. The van der Waals surface area contributed by atoms with Gasteiger partial charge >= 0.3 is 0 Å². The maximum Gasteiger partial charge on any atom is 0.246 e. The van der Waals surface area contributed by atoms with Crippen LogP contribution in [-0.2, 0) is 29.0 Å². The minimum Gasteiger partial charge on any atom is -0.387 e. The van der Waals surface area contributed by atoms with Crippen LogP contribution in [0.4, 0.5) is 0 Å². The van der Waals surface area contributed by atoms with E-state index >= 15 is 0 Å². The minimum atomic E-state index is -0.890. The van der Waals surface area contributed by atoms with Gasteiger partial charge in [-0.25, -0.2) is 0 Å². The molecule has 0 aliphatic heterocycles. The van der Waals surface area contributed by atoms with Crippen molar-refractivity contribution in [3.63, 3.8) is 0 Å². The molecule has 0 radical (unpaired) electrons. The Kier molecular flexibility index (Phi) is 4.74. The quantitative estimate of drug-likeness (QED) is 0.856. The Morgan fingerprint density at radius 3 is 2.30 bits per heavy atom. The van der Waals surface area contributed by atoms with Crippen LogP contribution in [0.1, 0.15) is 16.7 Å². The molecular weight excluding hydrogens is 290 g/mol. The fourth-order valence-corrected chi connectivity index (χ4v) is 2.95. The molecule has 1 amide bonds. The number of hydrogen-bond acceptors (Lipinski definition) is 3. The molecule has 0 atom stereocenters. The van der Waals surface area contributed by atoms with Gasteiger partial charge in [0.15, 0.2) is 0 Å². The van der Waals surface area contributed by atoms with Crippen LogP contribution < -0.4 is 5.32 Å². The minimum absolute atomic E-state index is 0.00206. The van der Waals surface area contributed by atoms with E-state index in [1.54, 1.807) is 0 Å². The lowest BCUT2D eigenvalue weighted by Gasteiger charge is -2.22. The summed E-state index contributed by atoms with van der Waals surface area (Å²) in [6.45, 7) is 0.650. The summed E-state index contributed by atoms with van der Waals surface area (Å²) in [6.07, 6.45) is 1.16. The Morgan fingerprint density at radius 1 is 1.04 bits per heavy atom. The second-order valence-corrected chi connectivity index (χ2v) is 6.10. The summed E-state index contributed by atoms with van der Waals surface area (Å²) in [5.74, 6) is -0.203. The highest BCUT2D eigenvalue weighted by Gasteiger charge is 2.35. The Balaban J connectivity index is 1.41. The highest BCUT2D eigenvalue weighted by molar-refractivity contribution is 5.77. The summed E-state index contributed by atoms with van der Waals surface area (Å²) >= 11 is 0. The van der Waals surface area contributed by atoms with E-state index in [9.17, 15) is 9.90 Å². The zero-order valence-electron chi connectivity index (χ0n) is 13.0. The highest BCUT2D eigenvalue weighted by atomic mass is 16.5. The van der Waals surface area contributed by atoms with Crippen LogP contribution >= 0.6 is 0 Å². The van der Waals surface area contributed by atoms with Gasteiger partial charge in [0, 0.05) is 19.4 Å². The van der Waals surface area contributed by atoms with Crippen LogP contribution in [0, 0.1) is 0 Å². The van der Waals surface area contributed by atoms with Gasteiger partial charge < -0.3 is 15.2 Å². The van der Waals surface area contributed by atoms with Gasteiger partial charge in [0.2, 0.25) is 5.91 Å². The van der Waals surface area contributed by atoms with E-state index in [1.165, 1.54) is 0 Å². The molecule has 120 valence electrons. The number of carbonyl (C=O) groups excluding carboxylic acids is 1. The molecule has 2 aromatic rings. The smallest absolute Gasteiger partial charge is 0.246 e. The van der Waals surface area contributed by atoms with Crippen LogP contribution in [0.5, 0.6) is 0 Å². The molecule has 0 spiro atoms. The summed E-state index contributed by atoms with van der Waals surface area (Å²) in [5, 5.41) is 13.4. The van der Waals surface area contributed by atoms with Crippen LogP contribution in [-0.4, -0.2) is 29.8 Å². The largest absolute Gasteiger partial charge is 0.387 e. The topological polar surface area (TPSA) is 58.6 Å². The molecule has 0 heterocycles. The summed E-state index contributed by atoms with van der Waals surface area (Å²) in [7, 11) is 0. The zero-order valence-corrected chi connectivity index (χ0v) is 13.0. The Morgan fingerprint density at radius 2 is 1.65 bits per heavy atom. The van der Waals surface area contributed by atoms with Gasteiger partial charge in [0.25, 0.3) is 0 Å². The lowest BCUT2D eigenvalue weighted by molar-refractivity contribution is -0.127. The number of ether oxygens (including phenoxy) is 1. The predicted octanol–water partition coefficient (Wildman–Crippen LogP) is 1.85. The average molecular weight is 311 g/mol. The lowest BCUT2D eigenvalue weighted by Crippen LogP contribution is -2.44. The van der Waals surface area contributed by atoms with Gasteiger partial charge in [-0.1, -0.05) is 54.6 Å². The van der Waals surface area contributed by atoms with Crippen molar-refractivity contribution in [3.05, 3.63) is 71.3 Å². The average Bonchev–Trinajstić information content (AvgIpc) is 2.91. The second-order valence-electron chi connectivity index (χ2n) is 6.10. The number of hydrogen-bond donors (Lipinski definition) is 2. The van der Waals surface area contributed by atoms with Gasteiger partial charge in [-0.05, 0) is 16.7 Å². The monoisotopic (exact) mass is 311 g/mol. The zero-order chi connectivity index (χ0) is 16.1. The first-order chi connectivity index (χ1) is 11.1. The molecule has 4 nitrogen and oxygen atoms in total. The third-order valence-corrected chi connectivity index (χ3v) is 4.12. The number of amides is 1. The maximum absolute atomic E-state index is 11.9. The van der Waals surface area contributed by atoms with Crippen molar-refractivity contribution in [3.8, 4) is 0 Å². The molecule has 23 heavy (non-hydrogen) atoms. The summed E-state index contributed by atoms with van der Waals surface area (Å²) in [4.78, 5) is 11.9. The van der Waals surface area contributed by atoms with E-state index in [2.05, 4.69) is 5.32 Å². The molecule has 0 fully saturated rings. The van der Waals surface area contributed by atoms with Crippen molar-refractivity contribution < 1.29 is 14.6 Å². The van der Waals surface area contributed by atoms with E-state index in [-0.39, 0.29) is 19.1 Å². The molecule has 0 unspecified atom stereocenters. The van der Waals surface area contributed by atoms with Crippen molar-refractivity contribution in [2.75, 3.05) is 13.2 Å². The Hall–Kier alpha value is -2.17. The fraction of sp³-hybridized carbons (Fsp3) is 0.316. The van der Waals surface area contributed by atoms with E-state index < -0.39 is 5.60 Å². The molecule has 0 aromatic heterocycles. The first kappa shape index (κ1) is 15.7. The first-order valence-corrected chi connectivity index (χ1v) is 7.82. The van der Waals surface area contributed by atoms with Crippen molar-refractivity contribution in [1.82, 2.24) is 5.32 Å². The molecule has 1 aliphatic rings. The fourth-order valence-electron chi connectivity index (χ4n) is 2.95. The molecule has 3 rings (SSSR count). The first-order valence-electron chi connectivity index (χ1n) is 7.82. The maximum atomic E-state index is 11.9. The van der Waals surface area contributed by atoms with E-state index in [0.29, 0.717) is 19.4 Å². The SMILES string of the molecule is O=C(COCc1ccccc1)NCC1(O)Cc2ccccc2C1. The molecule has 0 saturated carbocycles. The number of nitrogens with one attached hydrogen (secondary N) is 1. The van der Waals surface area contributed by atoms with Gasteiger partial charge in [-0.2, -0.15) is 0 Å². The van der Waals surface area contributed by atoms with Gasteiger partial charge in [0.1, 0.15) is 6.61 Å². The summed E-state index contributed by atoms with van der Waals surface area (Å²) in [6, 6.07) is 17.7. The standard InChI is InChI=1S/C19H21NO3/c21-18(13-23-12-15-6-2-1-3-7-15)20-14-19(22)10-16-8-4-5-9-17(16)11-19/h1-9,22H,10-14H2,(H,20,21). The molecule has 2 N–H and O–H groups in total. The van der Waals surface area contributed by atoms with Crippen LogP contribution in [0.2, 0.25) is 0 Å². The molecular formula is C19H21NO3. The molecule has 0 saturated heterocycles. The van der Waals surface area contributed by atoms with Gasteiger partial charge in [0.05, 0.1) is 12.2 Å². The Bertz CT molecular complexity index is 644. The molecule has 2 aromatic carbocycles. The normalized spacial score (nSPS) is 15.2. The summed E-state index contributed by atoms with van der Waals surface area (Å²) in [5.41, 5.74) is 2.46. The van der Waals surface area contributed by atoms with E-state index in [0.717, 1.165) is 16.7 Å². The lowest BCUT2D eigenvalue weighted by atomic mass is 10.0. The van der Waals surface area contributed by atoms with Gasteiger partial charge in [-0.15, -0.1) is 0 Å². The van der Waals surface area contributed by atoms with E-state index in [4.69, 9.17) is 4.74 Å². The van der Waals surface area contributed by atoms with Crippen molar-refractivity contribution in [1.29, 1.82) is 0 Å². The third-order valence-electron chi connectivity index (χ3n) is 4.12. The van der Waals surface area contributed by atoms with Crippen LogP contribution in [0.25, 0.3) is 0 Å². The Labute approximate surface area is 136 Å². The van der Waals surface area contributed by atoms with Crippen molar-refractivity contribution >= 4 is 5.91 Å². The molecule has 1 aliphatic carbocycles. The number of rotatable bonds is 6. The highest BCUT2D eigenvalue weighted by Crippen LogP contribution is 2.29. The summed E-state index contributed by atoms with van der Waals surface area (Å²) < 4.78 is 5.40. The third kappa shape index (κ3) is 4.18. The predicted molar refractivity (Wildman–Crippen MR) is 87.9 cm³/mol. The van der Waals surface area contributed by atoms with Gasteiger partial charge in [-0.3, -0.25) is 4.79 Å². The van der Waals surface area contributed by atoms with Crippen LogP contribution in [0.15, 0.2) is 54.6 Å². The molecule has 0 bridgehead atoms. The van der Waals surface area contributed by atoms with Crippen molar-refractivity contribution in [2.45, 2.75) is 25.0 Å². The van der Waals surface area contributed by atoms with Crippen LogP contribution in [0.3, 0.4) is 0 Å². The number of aliphatic hydroxyl groups is 1. The number of benzene rings is 2.